The molecule has 3 aromatic rings. The molecule has 5 rings (SSSR count). The number of aromatic nitrogens is 6. The molecule has 0 aliphatic carbocycles. The van der Waals surface area contributed by atoms with E-state index in [-0.39, 0.29) is 17.5 Å². The highest BCUT2D eigenvalue weighted by molar-refractivity contribution is 5.73. The number of fused-ring (bicyclic) bond motifs is 1. The van der Waals surface area contributed by atoms with Crippen molar-refractivity contribution in [2.45, 2.75) is 38.3 Å². The Balaban J connectivity index is 1.43. The zero-order chi connectivity index (χ0) is 19.8. The fourth-order valence-corrected chi connectivity index (χ4v) is 4.67. The smallest absolute Gasteiger partial charge is 0.262 e. The van der Waals surface area contributed by atoms with Gasteiger partial charge in [0, 0.05) is 31.5 Å². The molecule has 5 heterocycles. The largest absolute Gasteiger partial charge is 0.381 e. The third kappa shape index (κ3) is 3.56. The van der Waals surface area contributed by atoms with Gasteiger partial charge < -0.3 is 14.6 Å². The van der Waals surface area contributed by atoms with E-state index in [0.717, 1.165) is 57.3 Å². The number of quaternary nitrogens is 1. The van der Waals surface area contributed by atoms with Gasteiger partial charge in [-0.05, 0) is 18.9 Å². The Morgan fingerprint density at radius 3 is 2.83 bits per heavy atom. The van der Waals surface area contributed by atoms with Crippen LogP contribution in [0.25, 0.3) is 11.0 Å². The van der Waals surface area contributed by atoms with Crippen LogP contribution >= 0.6 is 0 Å². The van der Waals surface area contributed by atoms with Crippen molar-refractivity contribution in [2.24, 2.45) is 5.92 Å². The van der Waals surface area contributed by atoms with Gasteiger partial charge in [-0.1, -0.05) is 6.92 Å². The van der Waals surface area contributed by atoms with Crippen molar-refractivity contribution in [3.05, 3.63) is 46.7 Å². The maximum absolute atomic E-state index is 12.7. The van der Waals surface area contributed by atoms with E-state index in [0.29, 0.717) is 17.0 Å². The standard InChI is InChI=1S/C20H25N7O2/c1-13-10-26(12-17-21-5-2-6-22-17)11-16(13)18-24-19-15(20(28)25-18)9-23-27(19)14-3-7-29-8-4-14/h2,5-6,9,13-14,16H,3-4,7-8,10-12H2,1H3,(H,24,25,28)/p+1/t13-,16-/m1/s1. The number of hydrogen-bond donors (Lipinski definition) is 2. The van der Waals surface area contributed by atoms with Gasteiger partial charge >= 0.3 is 0 Å². The van der Waals surface area contributed by atoms with Gasteiger partial charge in [-0.15, -0.1) is 0 Å². The number of nitrogens with one attached hydrogen (secondary N) is 2. The van der Waals surface area contributed by atoms with Crippen LogP contribution in [-0.2, 0) is 11.3 Å². The molecule has 3 aromatic heterocycles. The fraction of sp³-hybridized carbons (Fsp3) is 0.550. The molecule has 1 unspecified atom stereocenters. The number of ether oxygens (including phenoxy) is 1. The summed E-state index contributed by atoms with van der Waals surface area (Å²) < 4.78 is 7.40. The van der Waals surface area contributed by atoms with Crippen LogP contribution in [0.2, 0.25) is 0 Å². The molecule has 2 fully saturated rings. The Morgan fingerprint density at radius 1 is 1.24 bits per heavy atom. The summed E-state index contributed by atoms with van der Waals surface area (Å²) in [5, 5.41) is 5.06. The van der Waals surface area contributed by atoms with Crippen molar-refractivity contribution >= 4 is 11.0 Å². The van der Waals surface area contributed by atoms with Crippen molar-refractivity contribution in [2.75, 3.05) is 26.3 Å². The monoisotopic (exact) mass is 396 g/mol. The Hall–Kier alpha value is -2.65. The minimum absolute atomic E-state index is 0.102. The number of nitrogens with zero attached hydrogens (tertiary/aromatic N) is 5. The molecule has 152 valence electrons. The molecule has 29 heavy (non-hydrogen) atoms. The number of rotatable bonds is 4. The molecule has 0 amide bonds. The van der Waals surface area contributed by atoms with Crippen molar-refractivity contribution in [3.8, 4) is 0 Å². The molecule has 2 aliphatic rings. The third-order valence-corrected chi connectivity index (χ3v) is 6.20. The second-order valence-electron chi connectivity index (χ2n) is 8.20. The summed E-state index contributed by atoms with van der Waals surface area (Å²) >= 11 is 0. The van der Waals surface area contributed by atoms with Gasteiger partial charge in [-0.2, -0.15) is 5.10 Å². The molecule has 9 heteroatoms. The van der Waals surface area contributed by atoms with Crippen LogP contribution in [0, 0.1) is 5.92 Å². The van der Waals surface area contributed by atoms with E-state index in [1.54, 1.807) is 18.6 Å². The summed E-state index contributed by atoms with van der Waals surface area (Å²) in [7, 11) is 0. The van der Waals surface area contributed by atoms with Crippen LogP contribution in [0.3, 0.4) is 0 Å². The van der Waals surface area contributed by atoms with Gasteiger partial charge in [-0.3, -0.25) is 4.79 Å². The molecular formula is C20H26N7O2+. The average Bonchev–Trinajstić information content (AvgIpc) is 3.33. The average molecular weight is 396 g/mol. The number of aromatic amines is 1. The molecular weight excluding hydrogens is 370 g/mol. The topological polar surface area (TPSA) is 103 Å². The molecule has 2 aliphatic heterocycles. The minimum atomic E-state index is -0.102. The summed E-state index contributed by atoms with van der Waals surface area (Å²) in [6, 6.07) is 2.07. The maximum atomic E-state index is 12.7. The van der Waals surface area contributed by atoms with Crippen molar-refractivity contribution in [3.63, 3.8) is 0 Å². The third-order valence-electron chi connectivity index (χ3n) is 6.20. The Kier molecular flexibility index (Phi) is 4.84. The SMILES string of the molecule is C[C@@H]1C[NH+](Cc2ncccn2)C[C@H]1c1nc2c(cnn2C2CCOCC2)c(=O)[nH]1. The van der Waals surface area contributed by atoms with Crippen LogP contribution in [0.15, 0.2) is 29.5 Å². The molecule has 2 saturated heterocycles. The van der Waals surface area contributed by atoms with E-state index >= 15 is 0 Å². The van der Waals surface area contributed by atoms with Crippen LogP contribution in [0.5, 0.6) is 0 Å². The first-order chi connectivity index (χ1) is 14.2. The number of hydrogen-bond acceptors (Lipinski definition) is 6. The first kappa shape index (κ1) is 18.4. The summed E-state index contributed by atoms with van der Waals surface area (Å²) in [5.74, 6) is 2.23. The molecule has 0 saturated carbocycles. The Bertz CT molecular complexity index is 1040. The second-order valence-corrected chi connectivity index (χ2v) is 8.20. The van der Waals surface area contributed by atoms with Crippen LogP contribution in [0.4, 0.5) is 0 Å². The second kappa shape index (κ2) is 7.64. The number of likely N-dealkylation sites (tertiary alicyclic amines) is 1. The molecule has 3 atom stereocenters. The highest BCUT2D eigenvalue weighted by Gasteiger charge is 2.37. The summed E-state index contributed by atoms with van der Waals surface area (Å²) in [6.07, 6.45) is 7.00. The molecule has 9 nitrogen and oxygen atoms in total. The summed E-state index contributed by atoms with van der Waals surface area (Å²) in [6.45, 7) is 6.37. The maximum Gasteiger partial charge on any atom is 0.262 e. The van der Waals surface area contributed by atoms with E-state index in [2.05, 4.69) is 27.0 Å². The molecule has 0 aromatic carbocycles. The lowest BCUT2D eigenvalue weighted by Gasteiger charge is -2.22. The lowest BCUT2D eigenvalue weighted by atomic mass is 9.97. The van der Waals surface area contributed by atoms with E-state index in [1.165, 1.54) is 4.90 Å². The van der Waals surface area contributed by atoms with Crippen LogP contribution in [-0.4, -0.2) is 56.0 Å². The molecule has 0 spiro atoms. The first-order valence-corrected chi connectivity index (χ1v) is 10.3. The zero-order valence-electron chi connectivity index (χ0n) is 16.5. The van der Waals surface area contributed by atoms with Gasteiger partial charge in [0.15, 0.2) is 11.5 Å². The van der Waals surface area contributed by atoms with Crippen LogP contribution < -0.4 is 10.5 Å². The fourth-order valence-electron chi connectivity index (χ4n) is 4.67. The highest BCUT2D eigenvalue weighted by Crippen LogP contribution is 2.26. The predicted octanol–water partition coefficient (Wildman–Crippen LogP) is 0.0795. The van der Waals surface area contributed by atoms with Gasteiger partial charge in [0.1, 0.15) is 17.8 Å². The summed E-state index contributed by atoms with van der Waals surface area (Å²) in [5.41, 5.74) is 0.595. The van der Waals surface area contributed by atoms with E-state index in [4.69, 9.17) is 9.72 Å². The van der Waals surface area contributed by atoms with E-state index in [1.807, 2.05) is 10.7 Å². The van der Waals surface area contributed by atoms with Crippen molar-refractivity contribution in [1.29, 1.82) is 0 Å². The zero-order valence-corrected chi connectivity index (χ0v) is 16.5. The van der Waals surface area contributed by atoms with Crippen molar-refractivity contribution in [1.82, 2.24) is 29.7 Å². The van der Waals surface area contributed by atoms with Gasteiger partial charge in [-0.25, -0.2) is 19.6 Å². The number of H-pyrrole nitrogens is 1. The minimum Gasteiger partial charge on any atom is -0.381 e. The molecule has 0 bridgehead atoms. The normalized spacial score (nSPS) is 25.6. The predicted molar refractivity (Wildman–Crippen MR) is 106 cm³/mol. The summed E-state index contributed by atoms with van der Waals surface area (Å²) in [4.78, 5) is 30.8. The molecule has 2 N–H and O–H groups in total. The molecule has 0 radical (unpaired) electrons. The van der Waals surface area contributed by atoms with Gasteiger partial charge in [0.05, 0.1) is 31.2 Å². The Labute approximate surface area is 168 Å². The van der Waals surface area contributed by atoms with Gasteiger partial charge in [0.25, 0.3) is 5.56 Å². The highest BCUT2D eigenvalue weighted by atomic mass is 16.5. The lowest BCUT2D eigenvalue weighted by Crippen LogP contribution is -3.09. The van der Waals surface area contributed by atoms with E-state index < -0.39 is 0 Å². The lowest BCUT2D eigenvalue weighted by molar-refractivity contribution is -0.904. The first-order valence-electron chi connectivity index (χ1n) is 10.3. The van der Waals surface area contributed by atoms with Crippen molar-refractivity contribution < 1.29 is 9.64 Å². The Morgan fingerprint density at radius 2 is 2.03 bits per heavy atom. The van der Waals surface area contributed by atoms with Crippen LogP contribution in [0.1, 0.15) is 43.4 Å². The van der Waals surface area contributed by atoms with Gasteiger partial charge in [0.2, 0.25) is 0 Å². The van der Waals surface area contributed by atoms with E-state index in [9.17, 15) is 4.79 Å². The quantitative estimate of drug-likeness (QED) is 0.647.